The molecule has 16 nitrogen and oxygen atoms in total. The summed E-state index contributed by atoms with van der Waals surface area (Å²) >= 11 is 0. The first kappa shape index (κ1) is 27.8. The highest BCUT2D eigenvalue weighted by Gasteiger charge is 2.51. The maximum atomic E-state index is 12.1. The van der Waals surface area contributed by atoms with Gasteiger partial charge in [0.25, 0.3) is 0 Å². The highest BCUT2D eigenvalue weighted by atomic mass is 31.3. The van der Waals surface area contributed by atoms with Crippen LogP contribution in [-0.2, 0) is 50.3 Å². The molecule has 7 unspecified atom stereocenters. The lowest BCUT2D eigenvalue weighted by molar-refractivity contribution is -0.123. The molecule has 33 heavy (non-hydrogen) atoms. The van der Waals surface area contributed by atoms with Gasteiger partial charge in [0.1, 0.15) is 36.6 Å². The number of rotatable bonds is 10. The van der Waals surface area contributed by atoms with Gasteiger partial charge in [0.05, 0.1) is 25.4 Å². The first-order valence-electron chi connectivity index (χ1n) is 9.77. The fraction of sp³-hybridized carbons (Fsp3) is 1.00. The third kappa shape index (κ3) is 7.11. The summed E-state index contributed by atoms with van der Waals surface area (Å²) in [5, 5.41) is 19.3. The summed E-state index contributed by atoms with van der Waals surface area (Å²) in [4.78, 5) is 29.0. The topological polar surface area (TPSA) is 226 Å². The van der Waals surface area contributed by atoms with Crippen molar-refractivity contribution in [3.05, 3.63) is 0 Å². The summed E-state index contributed by atoms with van der Waals surface area (Å²) in [5.41, 5.74) is 0. The summed E-state index contributed by atoms with van der Waals surface area (Å²) in [5.74, 6) is 0. The molecule has 5 N–H and O–H groups in total. The van der Waals surface area contributed by atoms with Gasteiger partial charge in [0, 0.05) is 0 Å². The van der Waals surface area contributed by atoms with Gasteiger partial charge in [-0.2, -0.15) is 8.62 Å². The van der Waals surface area contributed by atoms with E-state index in [0.29, 0.717) is 0 Å². The zero-order chi connectivity index (χ0) is 24.8. The van der Waals surface area contributed by atoms with Gasteiger partial charge in [0.15, 0.2) is 6.29 Å². The van der Waals surface area contributed by atoms with Crippen LogP contribution in [0, 0.1) is 0 Å². The van der Waals surface area contributed by atoms with Crippen molar-refractivity contribution in [1.82, 2.24) is 0 Å². The molecule has 3 aliphatic rings. The average Bonchev–Trinajstić information content (AvgIpc) is 3.26. The van der Waals surface area contributed by atoms with Crippen molar-refractivity contribution in [1.29, 1.82) is 0 Å². The van der Waals surface area contributed by atoms with Crippen molar-refractivity contribution in [2.45, 2.75) is 75.9 Å². The average molecular weight is 544 g/mol. The highest BCUT2D eigenvalue weighted by molar-refractivity contribution is 7.66. The summed E-state index contributed by atoms with van der Waals surface area (Å²) in [6.07, 6.45) is -7.65. The normalized spacial score (nSPS) is 44.2. The molecule has 0 bridgehead atoms. The second-order valence-corrected chi connectivity index (χ2v) is 12.3. The summed E-state index contributed by atoms with van der Waals surface area (Å²) < 4.78 is 74.7. The quantitative estimate of drug-likeness (QED) is 0.224. The Bertz CT molecular complexity index is 839. The van der Waals surface area contributed by atoms with Crippen LogP contribution < -0.4 is 0 Å². The van der Waals surface area contributed by atoms with Gasteiger partial charge in [-0.1, -0.05) is 0 Å². The summed E-state index contributed by atoms with van der Waals surface area (Å²) in [7, 11) is -16.3. The monoisotopic (exact) mass is 544 g/mol. The van der Waals surface area contributed by atoms with E-state index < -0.39 is 91.8 Å². The minimum absolute atomic E-state index is 0.413. The summed E-state index contributed by atoms with van der Waals surface area (Å²) in [6.45, 7) is 3.37. The van der Waals surface area contributed by atoms with Crippen molar-refractivity contribution < 1.29 is 75.2 Å². The lowest BCUT2D eigenvalue weighted by Gasteiger charge is -2.21. The van der Waals surface area contributed by atoms with E-state index in [-0.39, 0.29) is 0 Å². The number of aliphatic hydroxyl groups is 2. The van der Waals surface area contributed by atoms with Gasteiger partial charge in [-0.25, -0.2) is 13.7 Å². The lowest BCUT2D eigenvalue weighted by atomic mass is 10.1. The van der Waals surface area contributed by atoms with Gasteiger partial charge >= 0.3 is 23.5 Å². The second-order valence-electron chi connectivity index (χ2n) is 7.67. The van der Waals surface area contributed by atoms with E-state index in [4.69, 9.17) is 18.9 Å². The third-order valence-electron chi connectivity index (χ3n) is 5.06. The molecule has 194 valence electrons. The van der Waals surface area contributed by atoms with Crippen LogP contribution in [0.3, 0.4) is 0 Å². The van der Waals surface area contributed by atoms with Gasteiger partial charge in [0.2, 0.25) is 0 Å². The summed E-state index contributed by atoms with van der Waals surface area (Å²) in [6, 6.07) is 0. The standard InChI is InChI=1S/C14H27O16P3/c1-6-11(15)12(16)9(25-6)4-23-31(17,18)29-33(21,22)30-32(19,20)24-5-10-14-13(7(2)26-10)27-8(3)28-14/h6-16H,4-5H2,1-3H3,(H,17,18)(H,19,20)(H,21,22)/t6-,7-,8?,9+,10+,11?,12?,13?,14-/m0/s1. The molecule has 3 heterocycles. The van der Waals surface area contributed by atoms with Crippen LogP contribution in [0.1, 0.15) is 20.8 Å². The van der Waals surface area contributed by atoms with Crippen molar-refractivity contribution >= 4 is 23.5 Å². The maximum absolute atomic E-state index is 12.1. The van der Waals surface area contributed by atoms with Crippen molar-refractivity contribution in [3.8, 4) is 0 Å². The van der Waals surface area contributed by atoms with E-state index in [2.05, 4.69) is 17.7 Å². The molecule has 0 aromatic rings. The number of hydrogen-bond donors (Lipinski definition) is 5. The van der Waals surface area contributed by atoms with Crippen molar-refractivity contribution in [3.63, 3.8) is 0 Å². The molecule has 3 saturated heterocycles. The molecule has 3 fully saturated rings. The molecule has 0 saturated carbocycles. The Morgan fingerprint density at radius 3 is 1.67 bits per heavy atom. The Balaban J connectivity index is 1.49. The molecule has 0 aromatic carbocycles. The number of hydrogen-bond acceptors (Lipinski definition) is 13. The van der Waals surface area contributed by atoms with E-state index in [0.717, 1.165) is 0 Å². The number of aliphatic hydroxyl groups excluding tert-OH is 2. The van der Waals surface area contributed by atoms with Gasteiger partial charge < -0.3 is 43.8 Å². The highest BCUT2D eigenvalue weighted by Crippen LogP contribution is 2.67. The zero-order valence-corrected chi connectivity index (χ0v) is 20.4. The predicted molar refractivity (Wildman–Crippen MR) is 103 cm³/mol. The van der Waals surface area contributed by atoms with Gasteiger partial charge in [-0.05, 0) is 20.8 Å². The Morgan fingerprint density at radius 1 is 0.667 bits per heavy atom. The smallest absolute Gasteiger partial charge is 0.388 e. The largest absolute Gasteiger partial charge is 0.490 e. The molecule has 0 aromatic heterocycles. The van der Waals surface area contributed by atoms with E-state index in [1.54, 1.807) is 13.8 Å². The zero-order valence-electron chi connectivity index (χ0n) is 17.7. The van der Waals surface area contributed by atoms with E-state index in [1.807, 2.05) is 0 Å². The predicted octanol–water partition coefficient (Wildman–Crippen LogP) is -0.220. The fourth-order valence-electron chi connectivity index (χ4n) is 3.60. The Kier molecular flexibility index (Phi) is 8.64. The van der Waals surface area contributed by atoms with Crippen LogP contribution in [0.25, 0.3) is 0 Å². The van der Waals surface area contributed by atoms with Crippen molar-refractivity contribution in [2.24, 2.45) is 0 Å². The van der Waals surface area contributed by atoms with E-state index in [9.17, 15) is 38.6 Å². The Morgan fingerprint density at radius 2 is 1.15 bits per heavy atom. The minimum Gasteiger partial charge on any atom is -0.388 e. The first-order valence-corrected chi connectivity index (χ1v) is 14.3. The van der Waals surface area contributed by atoms with E-state index >= 15 is 0 Å². The third-order valence-corrected chi connectivity index (χ3v) is 9.31. The van der Waals surface area contributed by atoms with Crippen LogP contribution in [0.2, 0.25) is 0 Å². The fourth-order valence-corrected chi connectivity index (χ4v) is 7.12. The molecule has 0 spiro atoms. The van der Waals surface area contributed by atoms with Crippen LogP contribution in [0.15, 0.2) is 0 Å². The SMILES string of the molecule is CC1OC2[C@H](C)O[C@H](COP(=O)(O)OP(=O)(O)OP(=O)(O)OC[C@H]3O[C@@H](C)C(O)C3O)[C@@H]2O1. The number of ether oxygens (including phenoxy) is 4. The first-order chi connectivity index (χ1) is 15.1. The molecule has 0 amide bonds. The molecule has 19 heteroatoms. The molecular formula is C14H27O16P3. The Hall–Kier alpha value is 0.170. The minimum atomic E-state index is -5.67. The molecule has 3 aliphatic heterocycles. The molecule has 0 radical (unpaired) electrons. The van der Waals surface area contributed by atoms with Gasteiger partial charge in [-0.3, -0.25) is 9.05 Å². The maximum Gasteiger partial charge on any atom is 0.490 e. The van der Waals surface area contributed by atoms with Crippen LogP contribution >= 0.6 is 23.5 Å². The van der Waals surface area contributed by atoms with Crippen LogP contribution in [-0.4, -0.2) is 93.2 Å². The number of phosphoric ester groups is 2. The number of phosphoric acid groups is 3. The van der Waals surface area contributed by atoms with Gasteiger partial charge in [-0.15, -0.1) is 0 Å². The molecular weight excluding hydrogens is 517 g/mol. The van der Waals surface area contributed by atoms with E-state index in [1.165, 1.54) is 6.92 Å². The molecule has 3 rings (SSSR count). The van der Waals surface area contributed by atoms with Crippen molar-refractivity contribution in [2.75, 3.05) is 13.2 Å². The Labute approximate surface area is 188 Å². The second kappa shape index (κ2) is 10.3. The molecule has 0 aliphatic carbocycles. The molecule has 12 atom stereocenters. The number of fused-ring (bicyclic) bond motifs is 1. The lowest BCUT2D eigenvalue weighted by Crippen LogP contribution is -2.33. The van der Waals surface area contributed by atoms with Crippen LogP contribution in [0.4, 0.5) is 0 Å². The van der Waals surface area contributed by atoms with Crippen LogP contribution in [0.5, 0.6) is 0 Å².